The van der Waals surface area contributed by atoms with E-state index in [0.717, 1.165) is 29.7 Å². The fourth-order valence-electron chi connectivity index (χ4n) is 3.53. The summed E-state index contributed by atoms with van der Waals surface area (Å²) in [4.78, 5) is 7.21. The van der Waals surface area contributed by atoms with E-state index in [0.29, 0.717) is 30.9 Å². The quantitative estimate of drug-likeness (QED) is 0.471. The lowest BCUT2D eigenvalue weighted by Crippen LogP contribution is -2.16. The molecule has 128 valence electrons. The Morgan fingerprint density at radius 3 is 2.92 bits per heavy atom. The molecular weight excluding hydrogens is 323 g/mol. The first-order valence-corrected chi connectivity index (χ1v) is 8.32. The van der Waals surface area contributed by atoms with Crippen LogP contribution in [0.5, 0.6) is 5.88 Å². The summed E-state index contributed by atoms with van der Waals surface area (Å²) in [6.45, 7) is 1.31. The molecule has 0 N–H and O–H groups in total. The Morgan fingerprint density at radius 2 is 2.20 bits per heavy atom. The molecule has 1 saturated heterocycles. The minimum absolute atomic E-state index is 0.0537. The van der Waals surface area contributed by atoms with Gasteiger partial charge in [-0.05, 0) is 41.6 Å². The molecular formula is C18H17FN4O2. The zero-order valence-corrected chi connectivity index (χ0v) is 13.6. The van der Waals surface area contributed by atoms with Gasteiger partial charge in [-0.2, -0.15) is 0 Å². The van der Waals surface area contributed by atoms with E-state index in [2.05, 4.69) is 15.0 Å². The number of fused-ring (bicyclic) bond motifs is 1. The van der Waals surface area contributed by atoms with E-state index >= 15 is 0 Å². The van der Waals surface area contributed by atoms with E-state index in [9.17, 15) is 4.39 Å². The molecule has 0 radical (unpaired) electrons. The Kier molecular flexibility index (Phi) is 4.26. The smallest absolute Gasteiger partial charge is 0.213 e. The molecule has 7 heteroatoms. The fraction of sp³-hybridized carbons (Fsp3) is 0.389. The molecule has 1 aromatic heterocycles. The van der Waals surface area contributed by atoms with Gasteiger partial charge in [0.05, 0.1) is 19.3 Å². The normalized spacial score (nSPS) is 21.6. The second kappa shape index (κ2) is 6.70. The van der Waals surface area contributed by atoms with Crippen molar-refractivity contribution < 1.29 is 13.9 Å². The second-order valence-electron chi connectivity index (χ2n) is 6.24. The van der Waals surface area contributed by atoms with Crippen molar-refractivity contribution in [3.8, 4) is 17.0 Å². The maximum atomic E-state index is 14.2. The highest BCUT2D eigenvalue weighted by Crippen LogP contribution is 2.41. The van der Waals surface area contributed by atoms with Crippen LogP contribution in [0.1, 0.15) is 30.0 Å². The van der Waals surface area contributed by atoms with Gasteiger partial charge in [0.15, 0.2) is 0 Å². The van der Waals surface area contributed by atoms with Crippen LogP contribution in [0.3, 0.4) is 0 Å². The highest BCUT2D eigenvalue weighted by molar-refractivity contribution is 5.69. The third-order valence-corrected chi connectivity index (χ3v) is 4.72. The van der Waals surface area contributed by atoms with Crippen molar-refractivity contribution in [3.63, 3.8) is 0 Å². The number of ether oxygens (including phenoxy) is 2. The van der Waals surface area contributed by atoms with E-state index in [1.54, 1.807) is 12.3 Å². The standard InChI is InChI=1S/C18H17FN4O2/c19-15-4-2-13(14-3-5-16(18(14)15)22-23-20)11-1-6-17(21-9-11)25-12-7-8-24-10-12/h1-2,4,6,9,12,16H,3,5,7-8,10H2/t12?,16-/m1/s1. The first kappa shape index (κ1) is 15.9. The number of pyridine rings is 1. The summed E-state index contributed by atoms with van der Waals surface area (Å²) < 4.78 is 25.3. The van der Waals surface area contributed by atoms with Crippen molar-refractivity contribution in [3.05, 3.63) is 57.8 Å². The highest BCUT2D eigenvalue weighted by atomic mass is 19.1. The van der Waals surface area contributed by atoms with E-state index in [4.69, 9.17) is 15.0 Å². The van der Waals surface area contributed by atoms with E-state index in [-0.39, 0.29) is 11.9 Å². The Bertz CT molecular complexity index is 828. The third kappa shape index (κ3) is 3.04. The molecule has 6 nitrogen and oxygen atoms in total. The first-order chi connectivity index (χ1) is 12.3. The van der Waals surface area contributed by atoms with Crippen molar-refractivity contribution in [2.45, 2.75) is 31.4 Å². The number of halogens is 1. The molecule has 1 aliphatic carbocycles. The van der Waals surface area contributed by atoms with Crippen LogP contribution < -0.4 is 4.74 Å². The molecule has 0 spiro atoms. The molecule has 1 unspecified atom stereocenters. The van der Waals surface area contributed by atoms with E-state index in [1.165, 1.54) is 6.07 Å². The van der Waals surface area contributed by atoms with Crippen molar-refractivity contribution in [2.75, 3.05) is 13.2 Å². The Hall–Kier alpha value is -2.63. The lowest BCUT2D eigenvalue weighted by molar-refractivity contribution is 0.138. The van der Waals surface area contributed by atoms with Crippen LogP contribution >= 0.6 is 0 Å². The Labute approximate surface area is 144 Å². The first-order valence-electron chi connectivity index (χ1n) is 8.32. The summed E-state index contributed by atoms with van der Waals surface area (Å²) in [5.41, 5.74) is 11.9. The monoisotopic (exact) mass is 340 g/mol. The highest BCUT2D eigenvalue weighted by Gasteiger charge is 2.28. The van der Waals surface area contributed by atoms with Crippen LogP contribution in [0, 0.1) is 5.82 Å². The van der Waals surface area contributed by atoms with Crippen molar-refractivity contribution in [2.24, 2.45) is 5.11 Å². The van der Waals surface area contributed by atoms with Crippen LogP contribution in [0.2, 0.25) is 0 Å². The molecule has 0 amide bonds. The van der Waals surface area contributed by atoms with E-state index < -0.39 is 6.04 Å². The number of azide groups is 1. The van der Waals surface area contributed by atoms with Crippen LogP contribution in [0.25, 0.3) is 21.6 Å². The molecule has 2 aromatic rings. The predicted octanol–water partition coefficient (Wildman–Crippen LogP) is 4.35. The van der Waals surface area contributed by atoms with Gasteiger partial charge in [-0.15, -0.1) is 0 Å². The molecule has 2 atom stereocenters. The zero-order chi connectivity index (χ0) is 17.2. The maximum absolute atomic E-state index is 14.2. The SMILES string of the molecule is [N-]=[N+]=N[C@@H]1CCc2c(-c3ccc(OC4CCOC4)nc3)ccc(F)c21. The maximum Gasteiger partial charge on any atom is 0.213 e. The molecule has 0 bridgehead atoms. The summed E-state index contributed by atoms with van der Waals surface area (Å²) in [7, 11) is 0. The molecule has 25 heavy (non-hydrogen) atoms. The van der Waals surface area contributed by atoms with Gasteiger partial charge in [0.25, 0.3) is 0 Å². The molecule has 1 aliphatic heterocycles. The number of nitrogens with zero attached hydrogens (tertiary/aromatic N) is 4. The van der Waals surface area contributed by atoms with Gasteiger partial charge in [0.2, 0.25) is 5.88 Å². The van der Waals surface area contributed by atoms with Crippen molar-refractivity contribution in [1.29, 1.82) is 0 Å². The molecule has 1 aromatic carbocycles. The molecule has 4 rings (SSSR count). The number of rotatable bonds is 4. The third-order valence-electron chi connectivity index (χ3n) is 4.72. The van der Waals surface area contributed by atoms with Gasteiger partial charge >= 0.3 is 0 Å². The van der Waals surface area contributed by atoms with Gasteiger partial charge in [0.1, 0.15) is 11.9 Å². The van der Waals surface area contributed by atoms with Crippen LogP contribution in [-0.4, -0.2) is 24.3 Å². The summed E-state index contributed by atoms with van der Waals surface area (Å²) in [5.74, 6) is 0.243. The van der Waals surface area contributed by atoms with Gasteiger partial charge in [-0.3, -0.25) is 0 Å². The molecule has 2 aliphatic rings. The topological polar surface area (TPSA) is 80.1 Å². The van der Waals surface area contributed by atoms with Crippen LogP contribution in [-0.2, 0) is 11.2 Å². The summed E-state index contributed by atoms with van der Waals surface area (Å²) >= 11 is 0. The predicted molar refractivity (Wildman–Crippen MR) is 89.7 cm³/mol. The summed E-state index contributed by atoms with van der Waals surface area (Å²) in [5, 5.41) is 3.73. The minimum Gasteiger partial charge on any atom is -0.472 e. The largest absolute Gasteiger partial charge is 0.472 e. The summed E-state index contributed by atoms with van der Waals surface area (Å²) in [6, 6.07) is 6.50. The number of aromatic nitrogens is 1. The zero-order valence-electron chi connectivity index (χ0n) is 13.6. The van der Waals surface area contributed by atoms with Gasteiger partial charge in [0, 0.05) is 34.7 Å². The minimum atomic E-state index is -0.433. The van der Waals surface area contributed by atoms with E-state index in [1.807, 2.05) is 12.1 Å². The lowest BCUT2D eigenvalue weighted by Gasteiger charge is -2.13. The molecule has 2 heterocycles. The van der Waals surface area contributed by atoms with Crippen LogP contribution in [0.4, 0.5) is 4.39 Å². The lowest BCUT2D eigenvalue weighted by atomic mass is 9.97. The van der Waals surface area contributed by atoms with Gasteiger partial charge in [-0.1, -0.05) is 11.2 Å². The van der Waals surface area contributed by atoms with Gasteiger partial charge < -0.3 is 9.47 Å². The van der Waals surface area contributed by atoms with Gasteiger partial charge in [-0.25, -0.2) is 9.37 Å². The average Bonchev–Trinajstić information content (AvgIpc) is 3.27. The number of hydrogen-bond donors (Lipinski definition) is 0. The Morgan fingerprint density at radius 1 is 1.28 bits per heavy atom. The molecule has 0 saturated carbocycles. The van der Waals surface area contributed by atoms with Crippen LogP contribution in [0.15, 0.2) is 35.6 Å². The second-order valence-corrected chi connectivity index (χ2v) is 6.24. The van der Waals surface area contributed by atoms with Crippen molar-refractivity contribution in [1.82, 2.24) is 4.98 Å². The molecule has 1 fully saturated rings. The fourth-order valence-corrected chi connectivity index (χ4v) is 3.53. The average molecular weight is 340 g/mol. The summed E-state index contributed by atoms with van der Waals surface area (Å²) in [6.07, 6.45) is 3.97. The number of benzene rings is 1. The van der Waals surface area contributed by atoms with Crippen molar-refractivity contribution >= 4 is 0 Å². The Balaban J connectivity index is 1.63. The number of hydrogen-bond acceptors (Lipinski definition) is 4.